The topological polar surface area (TPSA) is 189 Å². The van der Waals surface area contributed by atoms with Gasteiger partial charge in [-0.05, 0) is 108 Å². The number of benzene rings is 2. The summed E-state index contributed by atoms with van der Waals surface area (Å²) in [6.07, 6.45) is 24.5. The third kappa shape index (κ3) is 22.4. The van der Waals surface area contributed by atoms with Crippen LogP contribution < -0.4 is 9.47 Å². The van der Waals surface area contributed by atoms with E-state index in [-0.39, 0.29) is 30.6 Å². The molecule has 0 aliphatic heterocycles. The molecule has 0 saturated heterocycles. The first kappa shape index (κ1) is 56.4. The second-order valence-corrected chi connectivity index (χ2v) is 14.6. The Morgan fingerprint density at radius 3 is 1.15 bits per heavy atom. The van der Waals surface area contributed by atoms with Crippen LogP contribution in [0.5, 0.6) is 11.5 Å². The van der Waals surface area contributed by atoms with Crippen LogP contribution in [0.1, 0.15) is 108 Å². The number of isothiocyanates is 2. The number of thiocarbonyl (C=S) groups is 2. The number of hydrogen-bond donors (Lipinski definition) is 2. The van der Waals surface area contributed by atoms with E-state index < -0.39 is 11.9 Å². The summed E-state index contributed by atoms with van der Waals surface area (Å²) >= 11 is 7.40. The van der Waals surface area contributed by atoms with Gasteiger partial charge in [0.05, 0.1) is 47.1 Å². The van der Waals surface area contributed by atoms with E-state index in [1.54, 1.807) is 0 Å². The minimum absolute atomic E-state index is 0. The molecule has 0 bridgehead atoms. The summed E-state index contributed by atoms with van der Waals surface area (Å²) in [6, 6.07) is 30.1. The molecule has 6 rings (SSSR count). The Balaban J connectivity index is 0.000000510. The molecule has 15 heteroatoms. The Labute approximate surface area is 416 Å². The van der Waals surface area contributed by atoms with E-state index in [0.717, 1.165) is 71.2 Å². The number of aromatic nitrogens is 4. The number of carboxylic acid groups (broad SMARTS) is 2. The standard InChI is InChI=1S/C38H44N2O2.C12H8N2O4.2CNS.Ru/c1-3-5-7-9-27-41-35-19-15-31(16-20-35)11-13-33-23-25-39-37(29-33)38-30-34(24-26-40-38)14-12-32-17-21-36(22-18-32)42-28-10-8-6-4-2;15-11(16)7-1-3-13-9(5-7)10-6-8(12(17)18)2-4-14-10;2*2-1-3;/h11-26,29-30H,3-10,27-28H2,1-2H3;1-6H,(H,15,16)(H,17,18);;;/q;;2*-1;+2/b13-11+,14-12+;;;;. The van der Waals surface area contributed by atoms with Gasteiger partial charge in [0.25, 0.3) is 0 Å². The first-order valence-corrected chi connectivity index (χ1v) is 22.1. The van der Waals surface area contributed by atoms with Gasteiger partial charge in [0.1, 0.15) is 11.5 Å². The van der Waals surface area contributed by atoms with Gasteiger partial charge in [0.15, 0.2) is 0 Å². The summed E-state index contributed by atoms with van der Waals surface area (Å²) in [4.78, 5) is 38.7. The van der Waals surface area contributed by atoms with E-state index >= 15 is 0 Å². The van der Waals surface area contributed by atoms with Gasteiger partial charge in [0.2, 0.25) is 0 Å². The molecule has 0 fully saturated rings. The second-order valence-electron chi connectivity index (χ2n) is 14.2. The van der Waals surface area contributed by atoms with Crippen molar-refractivity contribution in [1.82, 2.24) is 19.9 Å². The number of carbonyl (C=O) groups is 2. The van der Waals surface area contributed by atoms with Gasteiger partial charge in [-0.3, -0.25) is 19.9 Å². The van der Waals surface area contributed by atoms with E-state index in [1.807, 2.05) is 48.8 Å². The van der Waals surface area contributed by atoms with Crippen molar-refractivity contribution >= 4 is 71.0 Å². The normalized spacial score (nSPS) is 10.1. The maximum absolute atomic E-state index is 10.8. The van der Waals surface area contributed by atoms with Crippen molar-refractivity contribution in [1.29, 1.82) is 0 Å². The fraction of sp³-hybridized carbons (Fsp3) is 0.231. The zero-order valence-electron chi connectivity index (χ0n) is 37.3. The van der Waals surface area contributed by atoms with Crippen molar-refractivity contribution in [3.8, 4) is 34.3 Å². The fourth-order valence-electron chi connectivity index (χ4n) is 5.96. The van der Waals surface area contributed by atoms with Crippen molar-refractivity contribution in [2.24, 2.45) is 0 Å². The minimum atomic E-state index is -1.08. The third-order valence-corrected chi connectivity index (χ3v) is 9.34. The molecule has 4 heterocycles. The number of aromatic carboxylic acids is 2. The molecule has 0 aliphatic rings. The number of hydrogen-bond acceptors (Lipinski definition) is 10. The van der Waals surface area contributed by atoms with Crippen LogP contribution in [0, 0.1) is 0 Å². The number of unbranched alkanes of at least 4 members (excludes halogenated alkanes) is 6. The summed E-state index contributed by atoms with van der Waals surface area (Å²) in [7, 11) is 0. The van der Waals surface area contributed by atoms with Crippen LogP contribution in [-0.2, 0) is 19.5 Å². The van der Waals surface area contributed by atoms with Gasteiger partial charge in [-0.15, -0.1) is 0 Å². The van der Waals surface area contributed by atoms with Gasteiger partial charge < -0.3 is 30.5 Å². The number of nitrogens with zero attached hydrogens (tertiary/aromatic N) is 6. The fourth-order valence-corrected chi connectivity index (χ4v) is 5.96. The van der Waals surface area contributed by atoms with Crippen LogP contribution >= 0.6 is 24.4 Å². The zero-order valence-corrected chi connectivity index (χ0v) is 40.7. The van der Waals surface area contributed by atoms with Gasteiger partial charge in [-0.25, -0.2) is 9.59 Å². The maximum atomic E-state index is 10.8. The van der Waals surface area contributed by atoms with Crippen LogP contribution in [-0.4, -0.2) is 65.6 Å². The average Bonchev–Trinajstić information content (AvgIpc) is 3.34. The molecule has 67 heavy (non-hydrogen) atoms. The Bertz CT molecular complexity index is 2370. The van der Waals surface area contributed by atoms with Crippen molar-refractivity contribution in [2.45, 2.75) is 65.2 Å². The molecule has 0 unspecified atom stereocenters. The van der Waals surface area contributed by atoms with Gasteiger partial charge in [0, 0.05) is 24.8 Å². The molecule has 6 aromatic rings. The predicted octanol–water partition coefficient (Wildman–Crippen LogP) is 13.3. The summed E-state index contributed by atoms with van der Waals surface area (Å²) < 4.78 is 11.7. The van der Waals surface area contributed by atoms with Crippen LogP contribution in [0.15, 0.2) is 122 Å². The molecule has 0 saturated carbocycles. The monoisotopic (exact) mass is 1020 g/mol. The molecule has 0 aliphatic carbocycles. The van der Waals surface area contributed by atoms with Crippen LogP contribution in [0.4, 0.5) is 0 Å². The summed E-state index contributed by atoms with van der Waals surface area (Å²) in [5.41, 5.74) is 6.88. The first-order valence-electron chi connectivity index (χ1n) is 21.3. The number of pyridine rings is 4. The molecular weight excluding hydrogens is 970 g/mol. The molecule has 12 nitrogen and oxygen atoms in total. The summed E-state index contributed by atoms with van der Waals surface area (Å²) in [5, 5.41) is 34.6. The van der Waals surface area contributed by atoms with E-state index in [0.29, 0.717) is 11.4 Å². The molecule has 0 radical (unpaired) electrons. The van der Waals surface area contributed by atoms with E-state index in [4.69, 9.17) is 30.5 Å². The number of carboxylic acids is 2. The smallest absolute Gasteiger partial charge is 0.753 e. The Morgan fingerprint density at radius 1 is 0.507 bits per heavy atom. The Hall–Kier alpha value is -6.72. The molecule has 2 N–H and O–H groups in total. The van der Waals surface area contributed by atoms with E-state index in [2.05, 4.69) is 119 Å². The predicted molar refractivity (Wildman–Crippen MR) is 271 cm³/mol. The second kappa shape index (κ2) is 33.7. The van der Waals surface area contributed by atoms with Gasteiger partial charge >= 0.3 is 31.4 Å². The largest absolute Gasteiger partial charge is 2.00 e. The zero-order chi connectivity index (χ0) is 47.8. The minimum Gasteiger partial charge on any atom is -0.753 e. The SMILES string of the molecule is CCCCCCOc1ccc(/C=C/c2ccnc(-c3cc(/C=C/c4ccc(OCCCCCC)cc4)ccn3)c2)cc1.O=C(O)c1ccnc(-c2cc(C(=O)O)ccn2)c1.[N-]=C=S.[N-]=C=S.[Ru+2]. The summed E-state index contributed by atoms with van der Waals surface area (Å²) in [5.74, 6) is -0.302. The van der Waals surface area contributed by atoms with Crippen molar-refractivity contribution < 1.29 is 48.8 Å². The molecule has 4 aromatic heterocycles. The summed E-state index contributed by atoms with van der Waals surface area (Å²) in [6.45, 7) is 6.01. The van der Waals surface area contributed by atoms with E-state index in [1.165, 1.54) is 85.5 Å². The third-order valence-electron chi connectivity index (χ3n) is 9.34. The van der Waals surface area contributed by atoms with Crippen LogP contribution in [0.2, 0.25) is 0 Å². The Kier molecular flexibility index (Phi) is 28.4. The molecule has 346 valence electrons. The molecule has 0 amide bonds. The van der Waals surface area contributed by atoms with Crippen molar-refractivity contribution in [3.63, 3.8) is 0 Å². The molecule has 2 aromatic carbocycles. The van der Waals surface area contributed by atoms with Gasteiger partial charge in [-0.2, -0.15) is 10.3 Å². The first-order chi connectivity index (χ1) is 32.1. The van der Waals surface area contributed by atoms with Gasteiger partial charge in [-0.1, -0.05) is 125 Å². The number of ether oxygens (including phenoxy) is 2. The maximum Gasteiger partial charge on any atom is 2.00 e. The molecule has 0 spiro atoms. The van der Waals surface area contributed by atoms with Crippen LogP contribution in [0.3, 0.4) is 0 Å². The van der Waals surface area contributed by atoms with E-state index in [9.17, 15) is 9.59 Å². The molecule has 0 atom stereocenters. The quantitative estimate of drug-likeness (QED) is 0.0319. The molecular formula is C52H52N6O6RuS2. The van der Waals surface area contributed by atoms with Crippen molar-refractivity contribution in [3.05, 3.63) is 166 Å². The van der Waals surface area contributed by atoms with Crippen LogP contribution in [0.25, 0.3) is 57.9 Å². The Morgan fingerprint density at radius 2 is 0.821 bits per heavy atom. The van der Waals surface area contributed by atoms with Crippen molar-refractivity contribution in [2.75, 3.05) is 13.2 Å². The number of rotatable bonds is 20. The average molecular weight is 1020 g/mol.